The first-order valence-electron chi connectivity index (χ1n) is 4.83. The fraction of sp³-hybridized carbons (Fsp3) is 0. The minimum atomic E-state index is -0.223. The van der Waals surface area contributed by atoms with Crippen molar-refractivity contribution in [3.05, 3.63) is 53.2 Å². The van der Waals surface area contributed by atoms with Crippen LogP contribution in [0.1, 0.15) is 0 Å². The van der Waals surface area contributed by atoms with E-state index in [1.54, 1.807) is 10.9 Å². The number of hydrogen-bond donors (Lipinski definition) is 1. The van der Waals surface area contributed by atoms with Gasteiger partial charge in [0.2, 0.25) is 0 Å². The standard InChI is InChI=1S/C11H8N4O/c16-11-10-9(12-7-13-11)6-15(14-10)8-4-2-1-3-5-8/h1-7H,(H,12,13,16). The lowest BCUT2D eigenvalue weighted by Gasteiger charge is -1.97. The summed E-state index contributed by atoms with van der Waals surface area (Å²) in [5.41, 5.74) is 1.62. The van der Waals surface area contributed by atoms with Crippen LogP contribution >= 0.6 is 0 Å². The number of H-pyrrole nitrogens is 1. The Morgan fingerprint density at radius 2 is 2.00 bits per heavy atom. The molecule has 0 aliphatic rings. The first-order chi connectivity index (χ1) is 7.84. The molecule has 0 unspecified atom stereocenters. The Hall–Kier alpha value is -2.43. The third-order valence-corrected chi connectivity index (χ3v) is 2.33. The van der Waals surface area contributed by atoms with Crippen LogP contribution < -0.4 is 5.56 Å². The van der Waals surface area contributed by atoms with Crippen molar-refractivity contribution in [3.8, 4) is 5.69 Å². The zero-order valence-electron chi connectivity index (χ0n) is 8.29. The van der Waals surface area contributed by atoms with E-state index in [-0.39, 0.29) is 5.56 Å². The monoisotopic (exact) mass is 212 g/mol. The Bertz CT molecular complexity index is 684. The van der Waals surface area contributed by atoms with Gasteiger partial charge in [0.1, 0.15) is 5.52 Å². The van der Waals surface area contributed by atoms with Crippen LogP contribution in [0.25, 0.3) is 16.7 Å². The molecule has 16 heavy (non-hydrogen) atoms. The van der Waals surface area contributed by atoms with Gasteiger partial charge in [0.25, 0.3) is 5.56 Å². The van der Waals surface area contributed by atoms with Gasteiger partial charge in [-0.15, -0.1) is 0 Å². The predicted molar refractivity (Wildman–Crippen MR) is 59.5 cm³/mol. The lowest BCUT2D eigenvalue weighted by Crippen LogP contribution is -2.06. The number of aromatic nitrogens is 4. The van der Waals surface area contributed by atoms with Gasteiger partial charge in [0.05, 0.1) is 18.2 Å². The second-order valence-corrected chi connectivity index (χ2v) is 3.37. The Balaban J connectivity index is 2.28. The number of aromatic amines is 1. The summed E-state index contributed by atoms with van der Waals surface area (Å²) in [4.78, 5) is 18.0. The summed E-state index contributed by atoms with van der Waals surface area (Å²) in [5, 5.41) is 4.19. The van der Waals surface area contributed by atoms with Crippen LogP contribution in [0.4, 0.5) is 0 Å². The van der Waals surface area contributed by atoms with Crippen molar-refractivity contribution in [1.29, 1.82) is 0 Å². The van der Waals surface area contributed by atoms with E-state index in [1.807, 2.05) is 30.3 Å². The Kier molecular flexibility index (Phi) is 1.83. The lowest BCUT2D eigenvalue weighted by molar-refractivity contribution is 0.893. The van der Waals surface area contributed by atoms with Crippen molar-refractivity contribution in [2.75, 3.05) is 0 Å². The molecule has 5 heteroatoms. The van der Waals surface area contributed by atoms with E-state index in [0.29, 0.717) is 11.0 Å². The summed E-state index contributed by atoms with van der Waals surface area (Å²) >= 11 is 0. The maximum atomic E-state index is 11.5. The van der Waals surface area contributed by atoms with E-state index in [2.05, 4.69) is 15.1 Å². The molecule has 1 aromatic carbocycles. The summed E-state index contributed by atoms with van der Waals surface area (Å²) < 4.78 is 1.65. The molecule has 2 aromatic heterocycles. The summed E-state index contributed by atoms with van der Waals surface area (Å²) in [6.45, 7) is 0. The van der Waals surface area contributed by atoms with Gasteiger partial charge in [-0.25, -0.2) is 9.67 Å². The van der Waals surface area contributed by atoms with Gasteiger partial charge in [0, 0.05) is 0 Å². The van der Waals surface area contributed by atoms with Crippen LogP contribution in [-0.2, 0) is 0 Å². The molecule has 1 N–H and O–H groups in total. The van der Waals surface area contributed by atoms with Gasteiger partial charge in [-0.2, -0.15) is 5.10 Å². The highest BCUT2D eigenvalue weighted by Gasteiger charge is 2.05. The zero-order valence-corrected chi connectivity index (χ0v) is 8.29. The van der Waals surface area contributed by atoms with Crippen molar-refractivity contribution in [2.24, 2.45) is 0 Å². The van der Waals surface area contributed by atoms with Gasteiger partial charge in [-0.1, -0.05) is 18.2 Å². The topological polar surface area (TPSA) is 63.6 Å². The summed E-state index contributed by atoms with van der Waals surface area (Å²) in [6.07, 6.45) is 3.11. The van der Waals surface area contributed by atoms with E-state index in [0.717, 1.165) is 5.69 Å². The van der Waals surface area contributed by atoms with E-state index >= 15 is 0 Å². The second-order valence-electron chi connectivity index (χ2n) is 3.37. The third kappa shape index (κ3) is 1.30. The van der Waals surface area contributed by atoms with Crippen molar-refractivity contribution < 1.29 is 0 Å². The molecule has 2 heterocycles. The maximum absolute atomic E-state index is 11.5. The minimum Gasteiger partial charge on any atom is -0.311 e. The molecule has 0 aliphatic heterocycles. The lowest BCUT2D eigenvalue weighted by atomic mass is 10.3. The molecular weight excluding hydrogens is 204 g/mol. The first-order valence-corrected chi connectivity index (χ1v) is 4.83. The molecule has 0 atom stereocenters. The molecule has 0 radical (unpaired) electrons. The number of hydrogen-bond acceptors (Lipinski definition) is 3. The summed E-state index contributed by atoms with van der Waals surface area (Å²) in [5.74, 6) is 0. The largest absolute Gasteiger partial charge is 0.311 e. The van der Waals surface area contributed by atoms with Crippen molar-refractivity contribution in [1.82, 2.24) is 19.7 Å². The average Bonchev–Trinajstić information content (AvgIpc) is 2.76. The second kappa shape index (κ2) is 3.30. The normalized spacial score (nSPS) is 10.8. The predicted octanol–water partition coefficient (Wildman–Crippen LogP) is 1.11. The van der Waals surface area contributed by atoms with Gasteiger partial charge in [0.15, 0.2) is 5.52 Å². The van der Waals surface area contributed by atoms with E-state index in [9.17, 15) is 4.79 Å². The van der Waals surface area contributed by atoms with Gasteiger partial charge < -0.3 is 4.98 Å². The number of fused-ring (bicyclic) bond motifs is 1. The Morgan fingerprint density at radius 3 is 2.75 bits per heavy atom. The Labute approximate surface area is 90.4 Å². The van der Waals surface area contributed by atoms with Crippen molar-refractivity contribution in [2.45, 2.75) is 0 Å². The van der Waals surface area contributed by atoms with Gasteiger partial charge in [-0.3, -0.25) is 4.79 Å². The molecule has 0 fully saturated rings. The number of para-hydroxylation sites is 1. The molecule has 0 bridgehead atoms. The molecule has 5 nitrogen and oxygen atoms in total. The zero-order chi connectivity index (χ0) is 11.0. The first kappa shape index (κ1) is 8.84. The van der Waals surface area contributed by atoms with E-state index in [1.165, 1.54) is 6.33 Å². The van der Waals surface area contributed by atoms with E-state index < -0.39 is 0 Å². The summed E-state index contributed by atoms with van der Waals surface area (Å²) in [7, 11) is 0. The van der Waals surface area contributed by atoms with Gasteiger partial charge in [-0.05, 0) is 12.1 Å². The average molecular weight is 212 g/mol. The van der Waals surface area contributed by atoms with Crippen molar-refractivity contribution in [3.63, 3.8) is 0 Å². The van der Waals surface area contributed by atoms with Crippen molar-refractivity contribution >= 4 is 11.0 Å². The maximum Gasteiger partial charge on any atom is 0.279 e. The molecule has 0 saturated heterocycles. The molecule has 78 valence electrons. The third-order valence-electron chi connectivity index (χ3n) is 2.33. The quantitative estimate of drug-likeness (QED) is 0.657. The van der Waals surface area contributed by atoms with Crippen LogP contribution in [0.3, 0.4) is 0 Å². The molecule has 3 aromatic rings. The molecule has 3 rings (SSSR count). The molecular formula is C11H8N4O. The number of nitrogens with zero attached hydrogens (tertiary/aromatic N) is 3. The number of benzene rings is 1. The molecule has 0 aliphatic carbocycles. The fourth-order valence-corrected chi connectivity index (χ4v) is 1.56. The highest BCUT2D eigenvalue weighted by molar-refractivity contribution is 5.72. The van der Waals surface area contributed by atoms with Crippen LogP contribution in [0.15, 0.2) is 47.7 Å². The smallest absolute Gasteiger partial charge is 0.279 e. The van der Waals surface area contributed by atoms with Gasteiger partial charge >= 0.3 is 0 Å². The molecule has 0 amide bonds. The number of nitrogens with one attached hydrogen (secondary N) is 1. The van der Waals surface area contributed by atoms with Crippen LogP contribution in [0.2, 0.25) is 0 Å². The highest BCUT2D eigenvalue weighted by Crippen LogP contribution is 2.09. The minimum absolute atomic E-state index is 0.223. The fourth-order valence-electron chi connectivity index (χ4n) is 1.56. The van der Waals surface area contributed by atoms with Crippen LogP contribution in [-0.4, -0.2) is 19.7 Å². The molecule has 0 saturated carbocycles. The van der Waals surface area contributed by atoms with E-state index in [4.69, 9.17) is 0 Å². The van der Waals surface area contributed by atoms with Crippen LogP contribution in [0, 0.1) is 0 Å². The Morgan fingerprint density at radius 1 is 1.19 bits per heavy atom. The highest BCUT2D eigenvalue weighted by atomic mass is 16.1. The number of rotatable bonds is 1. The molecule has 0 spiro atoms. The van der Waals surface area contributed by atoms with Crippen LogP contribution in [0.5, 0.6) is 0 Å². The SMILES string of the molecule is O=c1[nH]cnc2cn(-c3ccccc3)nc12. The summed E-state index contributed by atoms with van der Waals surface area (Å²) in [6, 6.07) is 9.59.